The van der Waals surface area contributed by atoms with E-state index in [2.05, 4.69) is 22.2 Å². The van der Waals surface area contributed by atoms with Gasteiger partial charge in [-0.1, -0.05) is 13.0 Å². The molecule has 1 aromatic heterocycles. The molecule has 1 aliphatic rings. The molecule has 6 nitrogen and oxygen atoms in total. The predicted octanol–water partition coefficient (Wildman–Crippen LogP) is 3.10. The number of likely N-dealkylation sites (tertiary alicyclic amines) is 1. The maximum atomic E-state index is 12.6. The Kier molecular flexibility index (Phi) is 4.93. The summed E-state index contributed by atoms with van der Waals surface area (Å²) >= 11 is 0. The van der Waals surface area contributed by atoms with Gasteiger partial charge in [-0.2, -0.15) is 0 Å². The molecular formula is C18H22N4O2. The fourth-order valence-electron chi connectivity index (χ4n) is 2.90. The van der Waals surface area contributed by atoms with Crippen molar-refractivity contribution < 1.29 is 9.53 Å². The molecule has 0 radical (unpaired) electrons. The zero-order chi connectivity index (χ0) is 16.9. The number of benzene rings is 1. The van der Waals surface area contributed by atoms with E-state index in [1.165, 1.54) is 6.42 Å². The molecule has 1 atom stereocenters. The molecule has 1 N–H and O–H groups in total. The number of rotatable bonds is 4. The first-order chi connectivity index (χ1) is 11.7. The topological polar surface area (TPSA) is 67.3 Å². The Labute approximate surface area is 141 Å². The summed E-state index contributed by atoms with van der Waals surface area (Å²) in [5.74, 6) is 1.66. The van der Waals surface area contributed by atoms with Gasteiger partial charge in [-0.3, -0.25) is 4.79 Å². The van der Waals surface area contributed by atoms with Gasteiger partial charge in [0.2, 0.25) is 5.95 Å². The second-order valence-electron chi connectivity index (χ2n) is 6.12. The molecule has 1 unspecified atom stereocenters. The highest BCUT2D eigenvalue weighted by molar-refractivity contribution is 5.92. The van der Waals surface area contributed by atoms with E-state index >= 15 is 0 Å². The Morgan fingerprint density at radius 1 is 1.38 bits per heavy atom. The predicted molar refractivity (Wildman–Crippen MR) is 92.6 cm³/mol. The van der Waals surface area contributed by atoms with Gasteiger partial charge < -0.3 is 15.0 Å². The highest BCUT2D eigenvalue weighted by atomic mass is 16.5. The first kappa shape index (κ1) is 16.2. The Bertz CT molecular complexity index is 720. The van der Waals surface area contributed by atoms with Gasteiger partial charge >= 0.3 is 0 Å². The summed E-state index contributed by atoms with van der Waals surface area (Å²) in [5.41, 5.74) is 1.23. The third kappa shape index (κ3) is 3.82. The quantitative estimate of drug-likeness (QED) is 0.935. The molecule has 1 aliphatic heterocycles. The number of methoxy groups -OCH3 is 1. The lowest BCUT2D eigenvalue weighted by Gasteiger charge is -2.30. The van der Waals surface area contributed by atoms with Crippen LogP contribution in [0, 0.1) is 5.92 Å². The van der Waals surface area contributed by atoms with Gasteiger partial charge in [-0.25, -0.2) is 9.97 Å². The van der Waals surface area contributed by atoms with Crippen LogP contribution in [0.5, 0.6) is 5.75 Å². The first-order valence-electron chi connectivity index (χ1n) is 8.19. The van der Waals surface area contributed by atoms with Crippen LogP contribution in [-0.2, 0) is 0 Å². The zero-order valence-corrected chi connectivity index (χ0v) is 14.0. The highest BCUT2D eigenvalue weighted by Crippen LogP contribution is 2.20. The molecule has 1 amide bonds. The highest BCUT2D eigenvalue weighted by Gasteiger charge is 2.23. The minimum atomic E-state index is -0.0300. The van der Waals surface area contributed by atoms with Crippen LogP contribution in [0.1, 0.15) is 30.3 Å². The minimum absolute atomic E-state index is 0.0300. The van der Waals surface area contributed by atoms with Gasteiger partial charge in [0.15, 0.2) is 0 Å². The zero-order valence-electron chi connectivity index (χ0n) is 14.0. The van der Waals surface area contributed by atoms with Crippen LogP contribution in [0.15, 0.2) is 36.5 Å². The molecule has 0 bridgehead atoms. The summed E-state index contributed by atoms with van der Waals surface area (Å²) in [6.45, 7) is 3.77. The molecule has 126 valence electrons. The van der Waals surface area contributed by atoms with Crippen molar-refractivity contribution in [2.24, 2.45) is 5.92 Å². The molecule has 0 aliphatic carbocycles. The number of hydrogen-bond donors (Lipinski definition) is 1. The molecule has 3 rings (SSSR count). The monoisotopic (exact) mass is 326 g/mol. The Morgan fingerprint density at radius 3 is 3.04 bits per heavy atom. The van der Waals surface area contributed by atoms with E-state index in [0.29, 0.717) is 17.6 Å². The Hall–Kier alpha value is -2.63. The third-order valence-electron chi connectivity index (χ3n) is 4.14. The van der Waals surface area contributed by atoms with Crippen molar-refractivity contribution in [1.82, 2.24) is 14.9 Å². The lowest BCUT2D eigenvalue weighted by atomic mass is 10.00. The summed E-state index contributed by atoms with van der Waals surface area (Å²) in [6, 6.07) is 9.16. The first-order valence-corrected chi connectivity index (χ1v) is 8.19. The normalized spacial score (nSPS) is 17.4. The van der Waals surface area contributed by atoms with Gasteiger partial charge in [0.05, 0.1) is 7.11 Å². The second kappa shape index (κ2) is 7.29. The van der Waals surface area contributed by atoms with Crippen LogP contribution in [0.25, 0.3) is 0 Å². The van der Waals surface area contributed by atoms with Crippen LogP contribution < -0.4 is 10.1 Å². The van der Waals surface area contributed by atoms with Crippen molar-refractivity contribution in [2.75, 3.05) is 25.5 Å². The van der Waals surface area contributed by atoms with E-state index < -0.39 is 0 Å². The maximum Gasteiger partial charge on any atom is 0.272 e. The number of aromatic nitrogens is 2. The number of ether oxygens (including phenoxy) is 1. The van der Waals surface area contributed by atoms with Crippen molar-refractivity contribution in [2.45, 2.75) is 19.8 Å². The molecule has 0 saturated carbocycles. The van der Waals surface area contributed by atoms with Crippen LogP contribution >= 0.6 is 0 Å². The van der Waals surface area contributed by atoms with E-state index in [1.54, 1.807) is 19.4 Å². The van der Waals surface area contributed by atoms with Crippen LogP contribution in [-0.4, -0.2) is 41.0 Å². The number of nitrogens with zero attached hydrogens (tertiary/aromatic N) is 3. The minimum Gasteiger partial charge on any atom is -0.497 e. The Morgan fingerprint density at radius 2 is 2.25 bits per heavy atom. The number of hydrogen-bond acceptors (Lipinski definition) is 5. The molecule has 6 heteroatoms. The summed E-state index contributed by atoms with van der Waals surface area (Å²) in [6.07, 6.45) is 3.83. The maximum absolute atomic E-state index is 12.6. The van der Waals surface area contributed by atoms with Crippen molar-refractivity contribution in [3.05, 3.63) is 42.2 Å². The van der Waals surface area contributed by atoms with Gasteiger partial charge in [-0.15, -0.1) is 0 Å². The van der Waals surface area contributed by atoms with Gasteiger partial charge in [0.1, 0.15) is 11.4 Å². The largest absolute Gasteiger partial charge is 0.497 e. The van der Waals surface area contributed by atoms with E-state index in [0.717, 1.165) is 30.9 Å². The third-order valence-corrected chi connectivity index (χ3v) is 4.14. The fraction of sp³-hybridized carbons (Fsp3) is 0.389. The SMILES string of the molecule is COc1cccc(Nc2nccc(C(=O)N3CCCC(C)C3)n2)c1. The second-order valence-corrected chi connectivity index (χ2v) is 6.12. The van der Waals surface area contributed by atoms with Gasteiger partial charge in [0.25, 0.3) is 5.91 Å². The van der Waals surface area contributed by atoms with Crippen LogP contribution in [0.3, 0.4) is 0 Å². The lowest BCUT2D eigenvalue weighted by molar-refractivity contribution is 0.0677. The van der Waals surface area contributed by atoms with Crippen LogP contribution in [0.4, 0.5) is 11.6 Å². The molecule has 24 heavy (non-hydrogen) atoms. The van der Waals surface area contributed by atoms with Gasteiger partial charge in [0, 0.05) is 31.0 Å². The van der Waals surface area contributed by atoms with Crippen molar-refractivity contribution in [3.8, 4) is 5.75 Å². The van der Waals surface area contributed by atoms with E-state index in [1.807, 2.05) is 29.2 Å². The smallest absolute Gasteiger partial charge is 0.272 e. The molecule has 2 aromatic rings. The number of carbonyl (C=O) groups is 1. The van der Waals surface area contributed by atoms with Crippen LogP contribution in [0.2, 0.25) is 0 Å². The average Bonchev–Trinajstić information content (AvgIpc) is 2.61. The van der Waals surface area contributed by atoms with Crippen molar-refractivity contribution in [3.63, 3.8) is 0 Å². The lowest BCUT2D eigenvalue weighted by Crippen LogP contribution is -2.39. The number of nitrogens with one attached hydrogen (secondary N) is 1. The summed E-state index contributed by atoms with van der Waals surface area (Å²) in [5, 5.41) is 3.11. The molecule has 1 aromatic carbocycles. The molecule has 0 spiro atoms. The average molecular weight is 326 g/mol. The fourth-order valence-corrected chi connectivity index (χ4v) is 2.90. The van der Waals surface area contributed by atoms with E-state index in [-0.39, 0.29) is 5.91 Å². The van der Waals surface area contributed by atoms with Crippen molar-refractivity contribution >= 4 is 17.5 Å². The van der Waals surface area contributed by atoms with Gasteiger partial charge in [-0.05, 0) is 37.0 Å². The number of piperidine rings is 1. The van der Waals surface area contributed by atoms with Crippen molar-refractivity contribution in [1.29, 1.82) is 0 Å². The summed E-state index contributed by atoms with van der Waals surface area (Å²) < 4.78 is 5.20. The van der Waals surface area contributed by atoms with E-state index in [4.69, 9.17) is 4.74 Å². The standard InChI is InChI=1S/C18H22N4O2/c1-13-5-4-10-22(12-13)17(23)16-8-9-19-18(21-16)20-14-6-3-7-15(11-14)24-2/h3,6-9,11,13H,4-5,10,12H2,1-2H3,(H,19,20,21). The summed E-state index contributed by atoms with van der Waals surface area (Å²) in [7, 11) is 1.62. The summed E-state index contributed by atoms with van der Waals surface area (Å²) in [4.78, 5) is 23.1. The number of carbonyl (C=O) groups excluding carboxylic acids is 1. The Balaban J connectivity index is 1.74. The molecule has 2 heterocycles. The molecule has 1 saturated heterocycles. The molecule has 1 fully saturated rings. The number of anilines is 2. The molecular weight excluding hydrogens is 304 g/mol. The van der Waals surface area contributed by atoms with E-state index in [9.17, 15) is 4.79 Å². The number of amides is 1.